The first-order valence-corrected chi connectivity index (χ1v) is 9.96. The van der Waals surface area contributed by atoms with Crippen LogP contribution in [0.25, 0.3) is 10.8 Å². The molecule has 0 saturated carbocycles. The van der Waals surface area contributed by atoms with Crippen molar-refractivity contribution >= 4 is 28.1 Å². The zero-order valence-corrected chi connectivity index (χ0v) is 16.9. The molecule has 0 bridgehead atoms. The molecule has 0 aliphatic heterocycles. The standard InChI is InChI=1S/C21H26N4OS/c1-15-16(2)27-20(25-15)14-24-21(22-3)23-11-6-12-26-19-10-9-17-7-4-5-8-18(17)13-19/h4-5,7-10,13H,6,11-12,14H2,1-3H3,(H2,22,23,24). The Labute approximate surface area is 164 Å². The Bertz CT molecular complexity index is 900. The predicted molar refractivity (Wildman–Crippen MR) is 114 cm³/mol. The number of ether oxygens (including phenoxy) is 1. The third-order valence-corrected chi connectivity index (χ3v) is 5.38. The van der Waals surface area contributed by atoms with Crippen molar-refractivity contribution in [1.82, 2.24) is 15.6 Å². The molecule has 2 aromatic carbocycles. The van der Waals surface area contributed by atoms with Gasteiger partial charge in [-0.15, -0.1) is 11.3 Å². The Morgan fingerprint density at radius 2 is 1.93 bits per heavy atom. The quantitative estimate of drug-likeness (QED) is 0.368. The Balaban J connectivity index is 1.37. The van der Waals surface area contributed by atoms with Crippen molar-refractivity contribution in [3.63, 3.8) is 0 Å². The SMILES string of the molecule is CN=C(NCCCOc1ccc2ccccc2c1)NCc1nc(C)c(C)s1. The summed E-state index contributed by atoms with van der Waals surface area (Å²) in [4.78, 5) is 10.1. The van der Waals surface area contributed by atoms with Crippen LogP contribution in [-0.2, 0) is 6.54 Å². The highest BCUT2D eigenvalue weighted by Gasteiger charge is 2.04. The molecule has 0 saturated heterocycles. The second kappa shape index (κ2) is 9.37. The van der Waals surface area contributed by atoms with Gasteiger partial charge in [0.1, 0.15) is 10.8 Å². The summed E-state index contributed by atoms with van der Waals surface area (Å²) in [6.07, 6.45) is 0.892. The number of aryl methyl sites for hydroxylation is 2. The third-order valence-electron chi connectivity index (χ3n) is 4.31. The number of thiazole rings is 1. The first kappa shape index (κ1) is 19.2. The van der Waals surface area contributed by atoms with Crippen LogP contribution in [-0.4, -0.2) is 31.1 Å². The Hall–Kier alpha value is -2.60. The number of rotatable bonds is 7. The van der Waals surface area contributed by atoms with Gasteiger partial charge in [-0.05, 0) is 43.2 Å². The summed E-state index contributed by atoms with van der Waals surface area (Å²) in [5, 5.41) is 10.1. The lowest BCUT2D eigenvalue weighted by molar-refractivity contribution is 0.311. The molecule has 0 atom stereocenters. The average molecular weight is 383 g/mol. The maximum Gasteiger partial charge on any atom is 0.191 e. The molecule has 0 amide bonds. The molecule has 0 aliphatic rings. The van der Waals surface area contributed by atoms with Crippen molar-refractivity contribution in [3.05, 3.63) is 58.0 Å². The maximum atomic E-state index is 5.87. The summed E-state index contributed by atoms with van der Waals surface area (Å²) < 4.78 is 5.87. The van der Waals surface area contributed by atoms with E-state index in [1.54, 1.807) is 18.4 Å². The van der Waals surface area contributed by atoms with Gasteiger partial charge in [-0.2, -0.15) is 0 Å². The molecule has 1 heterocycles. The van der Waals surface area contributed by atoms with Crippen LogP contribution in [0, 0.1) is 13.8 Å². The zero-order chi connectivity index (χ0) is 19.1. The largest absolute Gasteiger partial charge is 0.494 e. The first-order valence-electron chi connectivity index (χ1n) is 9.15. The van der Waals surface area contributed by atoms with Crippen LogP contribution >= 0.6 is 11.3 Å². The molecule has 0 spiro atoms. The van der Waals surface area contributed by atoms with Gasteiger partial charge in [0.05, 0.1) is 18.8 Å². The molecule has 0 unspecified atom stereocenters. The molecule has 3 rings (SSSR count). The van der Waals surface area contributed by atoms with Crippen molar-refractivity contribution < 1.29 is 4.74 Å². The van der Waals surface area contributed by atoms with Crippen LogP contribution in [0.1, 0.15) is 22.0 Å². The predicted octanol–water partition coefficient (Wildman–Crippen LogP) is 4.05. The van der Waals surface area contributed by atoms with Crippen LogP contribution in [0.4, 0.5) is 0 Å². The molecule has 0 radical (unpaired) electrons. The van der Waals surface area contributed by atoms with Gasteiger partial charge in [0, 0.05) is 18.5 Å². The van der Waals surface area contributed by atoms with Crippen LogP contribution in [0.5, 0.6) is 5.75 Å². The first-order chi connectivity index (χ1) is 13.2. The lowest BCUT2D eigenvalue weighted by Gasteiger charge is -2.11. The molecular formula is C21H26N4OS. The highest BCUT2D eigenvalue weighted by atomic mass is 32.1. The van der Waals surface area contributed by atoms with Gasteiger partial charge in [-0.3, -0.25) is 4.99 Å². The maximum absolute atomic E-state index is 5.87. The normalized spacial score (nSPS) is 11.6. The molecular weight excluding hydrogens is 356 g/mol. The van der Waals surface area contributed by atoms with Crippen molar-refractivity contribution in [2.75, 3.05) is 20.2 Å². The average Bonchev–Trinajstić information content (AvgIpc) is 3.01. The minimum atomic E-state index is 0.660. The molecule has 2 N–H and O–H groups in total. The van der Waals surface area contributed by atoms with Crippen molar-refractivity contribution in [2.24, 2.45) is 4.99 Å². The second-order valence-corrected chi connectivity index (χ2v) is 7.60. The minimum Gasteiger partial charge on any atom is -0.494 e. The van der Waals surface area contributed by atoms with Gasteiger partial charge >= 0.3 is 0 Å². The van der Waals surface area contributed by atoms with Gasteiger partial charge in [0.2, 0.25) is 0 Å². The van der Waals surface area contributed by atoms with Crippen LogP contribution in [0.15, 0.2) is 47.5 Å². The van der Waals surface area contributed by atoms with Gasteiger partial charge in [0.25, 0.3) is 0 Å². The van der Waals surface area contributed by atoms with Crippen LogP contribution in [0.3, 0.4) is 0 Å². The Morgan fingerprint density at radius 3 is 2.67 bits per heavy atom. The van der Waals surface area contributed by atoms with Crippen molar-refractivity contribution in [2.45, 2.75) is 26.8 Å². The van der Waals surface area contributed by atoms with Crippen molar-refractivity contribution in [1.29, 1.82) is 0 Å². The fourth-order valence-corrected chi connectivity index (χ4v) is 3.59. The van der Waals surface area contributed by atoms with E-state index in [2.05, 4.69) is 51.8 Å². The lowest BCUT2D eigenvalue weighted by Crippen LogP contribution is -2.37. The van der Waals surface area contributed by atoms with Crippen LogP contribution < -0.4 is 15.4 Å². The van der Waals surface area contributed by atoms with Gasteiger partial charge in [-0.25, -0.2) is 4.98 Å². The number of guanidine groups is 1. The summed E-state index contributed by atoms with van der Waals surface area (Å²) in [7, 11) is 1.78. The lowest BCUT2D eigenvalue weighted by atomic mass is 10.1. The molecule has 27 heavy (non-hydrogen) atoms. The highest BCUT2D eigenvalue weighted by molar-refractivity contribution is 7.11. The molecule has 6 heteroatoms. The Morgan fingerprint density at radius 1 is 1.11 bits per heavy atom. The number of fused-ring (bicyclic) bond motifs is 1. The van der Waals surface area contributed by atoms with E-state index >= 15 is 0 Å². The van der Waals surface area contributed by atoms with E-state index in [1.807, 2.05) is 25.1 Å². The molecule has 3 aromatic rings. The summed E-state index contributed by atoms with van der Waals surface area (Å²) in [5.74, 6) is 1.69. The minimum absolute atomic E-state index is 0.660. The number of hydrogen-bond donors (Lipinski definition) is 2. The van der Waals surface area contributed by atoms with Crippen molar-refractivity contribution in [3.8, 4) is 5.75 Å². The third kappa shape index (κ3) is 5.44. The fourth-order valence-electron chi connectivity index (χ4n) is 2.72. The van der Waals surface area contributed by atoms with E-state index in [1.165, 1.54) is 15.6 Å². The summed E-state index contributed by atoms with van der Waals surface area (Å²) >= 11 is 1.72. The van der Waals surface area contributed by atoms with E-state index in [-0.39, 0.29) is 0 Å². The Kier molecular flexibility index (Phi) is 6.65. The number of aliphatic imine (C=N–C) groups is 1. The molecule has 0 aliphatic carbocycles. The fraction of sp³-hybridized carbons (Fsp3) is 0.333. The van der Waals surface area contributed by atoms with E-state index in [0.717, 1.165) is 35.4 Å². The molecule has 0 fully saturated rings. The number of nitrogens with zero attached hydrogens (tertiary/aromatic N) is 2. The monoisotopic (exact) mass is 382 g/mol. The second-order valence-electron chi connectivity index (χ2n) is 6.31. The summed E-state index contributed by atoms with van der Waals surface area (Å²) in [6.45, 7) is 6.28. The number of nitrogens with one attached hydrogen (secondary N) is 2. The van der Waals surface area contributed by atoms with E-state index in [0.29, 0.717) is 13.2 Å². The van der Waals surface area contributed by atoms with E-state index in [4.69, 9.17) is 4.74 Å². The number of benzene rings is 2. The summed E-state index contributed by atoms with van der Waals surface area (Å²) in [5.41, 5.74) is 1.10. The van der Waals surface area contributed by atoms with E-state index < -0.39 is 0 Å². The van der Waals surface area contributed by atoms with Crippen LogP contribution in [0.2, 0.25) is 0 Å². The number of aromatic nitrogens is 1. The van der Waals surface area contributed by atoms with Gasteiger partial charge in [-0.1, -0.05) is 30.3 Å². The topological polar surface area (TPSA) is 58.5 Å². The van der Waals surface area contributed by atoms with E-state index in [9.17, 15) is 0 Å². The molecule has 1 aromatic heterocycles. The number of hydrogen-bond acceptors (Lipinski definition) is 4. The molecule has 142 valence electrons. The molecule has 5 nitrogen and oxygen atoms in total. The smallest absolute Gasteiger partial charge is 0.191 e. The zero-order valence-electron chi connectivity index (χ0n) is 16.1. The summed E-state index contributed by atoms with van der Waals surface area (Å²) in [6, 6.07) is 14.5. The highest BCUT2D eigenvalue weighted by Crippen LogP contribution is 2.20. The van der Waals surface area contributed by atoms with Gasteiger partial charge in [0.15, 0.2) is 5.96 Å². The van der Waals surface area contributed by atoms with Gasteiger partial charge < -0.3 is 15.4 Å².